The third-order valence-corrected chi connectivity index (χ3v) is 3.02. The van der Waals surface area contributed by atoms with Gasteiger partial charge in [0.25, 0.3) is 0 Å². The van der Waals surface area contributed by atoms with E-state index in [0.717, 1.165) is 30.6 Å². The highest BCUT2D eigenvalue weighted by Crippen LogP contribution is 2.13. The van der Waals surface area contributed by atoms with Gasteiger partial charge in [0.15, 0.2) is 0 Å². The van der Waals surface area contributed by atoms with Gasteiger partial charge in [-0.1, -0.05) is 24.0 Å². The molecule has 0 bridgehead atoms. The van der Waals surface area contributed by atoms with Crippen molar-refractivity contribution in [1.29, 1.82) is 0 Å². The smallest absolute Gasteiger partial charge is 0.0809 e. The molecule has 0 aliphatic carbocycles. The van der Waals surface area contributed by atoms with Crippen molar-refractivity contribution in [3.63, 3.8) is 0 Å². The van der Waals surface area contributed by atoms with Gasteiger partial charge in [0.05, 0.1) is 25.9 Å². The summed E-state index contributed by atoms with van der Waals surface area (Å²) in [5.74, 6) is 5.91. The monoisotopic (exact) mass is 260 g/mol. The number of hydrogen-bond acceptors (Lipinski definition) is 3. The van der Waals surface area contributed by atoms with E-state index in [1.165, 1.54) is 0 Å². The number of aliphatic hydroxyl groups excluding tert-OH is 1. The summed E-state index contributed by atoms with van der Waals surface area (Å²) in [7, 11) is 0. The fourth-order valence-electron chi connectivity index (χ4n) is 1.99. The summed E-state index contributed by atoms with van der Waals surface area (Å²) in [5.41, 5.74) is 2.11. The molecule has 102 valence electrons. The van der Waals surface area contributed by atoms with E-state index < -0.39 is 0 Å². The number of ether oxygens (including phenoxy) is 2. The van der Waals surface area contributed by atoms with Crippen LogP contribution >= 0.6 is 0 Å². The Kier molecular flexibility index (Phi) is 5.90. The molecule has 1 atom stereocenters. The zero-order chi connectivity index (χ0) is 13.3. The number of hydrogen-bond donors (Lipinski definition) is 1. The molecule has 0 amide bonds. The Morgan fingerprint density at radius 3 is 2.84 bits per heavy atom. The Balaban J connectivity index is 1.73. The molecule has 1 aromatic rings. The van der Waals surface area contributed by atoms with E-state index in [-0.39, 0.29) is 12.7 Å². The molecular formula is C16H20O3. The first kappa shape index (κ1) is 14.1. The van der Waals surface area contributed by atoms with Gasteiger partial charge in [-0.15, -0.1) is 0 Å². The molecule has 2 rings (SSSR count). The van der Waals surface area contributed by atoms with Crippen molar-refractivity contribution in [2.75, 3.05) is 19.8 Å². The van der Waals surface area contributed by atoms with Gasteiger partial charge in [-0.2, -0.15) is 0 Å². The van der Waals surface area contributed by atoms with E-state index in [9.17, 15) is 0 Å². The normalized spacial score (nSPS) is 18.1. The van der Waals surface area contributed by atoms with Crippen LogP contribution in [0.25, 0.3) is 0 Å². The third-order valence-electron chi connectivity index (χ3n) is 3.02. The van der Waals surface area contributed by atoms with Crippen molar-refractivity contribution in [3.05, 3.63) is 35.4 Å². The molecule has 3 heteroatoms. The van der Waals surface area contributed by atoms with Crippen molar-refractivity contribution in [3.8, 4) is 11.8 Å². The summed E-state index contributed by atoms with van der Waals surface area (Å²) in [6, 6.07) is 8.02. The van der Waals surface area contributed by atoms with Gasteiger partial charge in [-0.05, 0) is 30.5 Å². The maximum absolute atomic E-state index is 8.65. The first-order valence-corrected chi connectivity index (χ1v) is 6.76. The largest absolute Gasteiger partial charge is 0.395 e. The van der Waals surface area contributed by atoms with Crippen LogP contribution < -0.4 is 0 Å². The van der Waals surface area contributed by atoms with Crippen LogP contribution in [0.4, 0.5) is 0 Å². The quantitative estimate of drug-likeness (QED) is 0.824. The number of aliphatic hydroxyl groups is 1. The second-order valence-electron chi connectivity index (χ2n) is 4.62. The zero-order valence-corrected chi connectivity index (χ0v) is 11.1. The van der Waals surface area contributed by atoms with Gasteiger partial charge in [0, 0.05) is 18.6 Å². The molecule has 0 spiro atoms. The van der Waals surface area contributed by atoms with E-state index in [2.05, 4.69) is 11.8 Å². The first-order valence-electron chi connectivity index (χ1n) is 6.76. The van der Waals surface area contributed by atoms with Crippen LogP contribution in [0, 0.1) is 11.8 Å². The molecule has 1 aromatic carbocycles. The summed E-state index contributed by atoms with van der Waals surface area (Å²) in [5, 5.41) is 8.65. The Hall–Kier alpha value is -1.34. The van der Waals surface area contributed by atoms with Gasteiger partial charge in [0.2, 0.25) is 0 Å². The second-order valence-corrected chi connectivity index (χ2v) is 4.62. The second kappa shape index (κ2) is 7.96. The molecule has 0 radical (unpaired) electrons. The minimum atomic E-state index is 0.113. The van der Waals surface area contributed by atoms with Gasteiger partial charge in [-0.25, -0.2) is 0 Å². The number of benzene rings is 1. The molecule has 1 N–H and O–H groups in total. The zero-order valence-electron chi connectivity index (χ0n) is 11.1. The minimum Gasteiger partial charge on any atom is -0.395 e. The van der Waals surface area contributed by atoms with Gasteiger partial charge >= 0.3 is 0 Å². The van der Waals surface area contributed by atoms with E-state index >= 15 is 0 Å². The lowest BCUT2D eigenvalue weighted by Gasteiger charge is -2.10. The Labute approximate surface area is 114 Å². The fraction of sp³-hybridized carbons (Fsp3) is 0.500. The maximum Gasteiger partial charge on any atom is 0.0809 e. The molecule has 0 saturated carbocycles. The maximum atomic E-state index is 8.65. The molecule has 0 aromatic heterocycles. The molecule has 1 unspecified atom stereocenters. The average molecular weight is 260 g/mol. The van der Waals surface area contributed by atoms with E-state index in [0.29, 0.717) is 19.6 Å². The molecule has 19 heavy (non-hydrogen) atoms. The highest BCUT2D eigenvalue weighted by Gasteiger charge is 2.14. The van der Waals surface area contributed by atoms with Crippen LogP contribution in [-0.2, 0) is 16.1 Å². The van der Waals surface area contributed by atoms with Crippen LogP contribution in [0.3, 0.4) is 0 Å². The molecule has 1 heterocycles. The summed E-state index contributed by atoms with van der Waals surface area (Å²) >= 11 is 0. The molecule has 1 aliphatic heterocycles. The summed E-state index contributed by atoms with van der Waals surface area (Å²) < 4.78 is 11.1. The van der Waals surface area contributed by atoms with Gasteiger partial charge < -0.3 is 14.6 Å². The topological polar surface area (TPSA) is 38.7 Å². The highest BCUT2D eigenvalue weighted by molar-refractivity contribution is 5.35. The Morgan fingerprint density at radius 2 is 2.16 bits per heavy atom. The Bertz CT molecular complexity index is 422. The van der Waals surface area contributed by atoms with Crippen molar-refractivity contribution in [2.24, 2.45) is 0 Å². The Morgan fingerprint density at radius 1 is 1.32 bits per heavy atom. The third kappa shape index (κ3) is 5.04. The lowest BCUT2D eigenvalue weighted by Crippen LogP contribution is -2.13. The summed E-state index contributed by atoms with van der Waals surface area (Å²) in [6.45, 7) is 2.28. The highest BCUT2D eigenvalue weighted by atomic mass is 16.5. The van der Waals surface area contributed by atoms with Crippen LogP contribution in [0.15, 0.2) is 24.3 Å². The van der Waals surface area contributed by atoms with E-state index in [1.54, 1.807) is 0 Å². The predicted octanol–water partition coefficient (Wildman–Crippen LogP) is 2.12. The first-order chi connectivity index (χ1) is 9.38. The average Bonchev–Trinajstić information content (AvgIpc) is 2.94. The van der Waals surface area contributed by atoms with Crippen molar-refractivity contribution in [1.82, 2.24) is 0 Å². The fourth-order valence-corrected chi connectivity index (χ4v) is 1.99. The molecule has 1 aliphatic rings. The summed E-state index contributed by atoms with van der Waals surface area (Å²) in [4.78, 5) is 0. The van der Waals surface area contributed by atoms with Crippen LogP contribution in [0.1, 0.15) is 30.4 Å². The van der Waals surface area contributed by atoms with Crippen LogP contribution in [0.5, 0.6) is 0 Å². The molecule has 1 saturated heterocycles. The SMILES string of the molecule is OCCC#Cc1ccc(COCC2CCCO2)cc1. The van der Waals surface area contributed by atoms with Gasteiger partial charge in [0.1, 0.15) is 0 Å². The van der Waals surface area contributed by atoms with Crippen molar-refractivity contribution >= 4 is 0 Å². The van der Waals surface area contributed by atoms with Gasteiger partial charge in [-0.3, -0.25) is 0 Å². The van der Waals surface area contributed by atoms with E-state index in [4.69, 9.17) is 14.6 Å². The van der Waals surface area contributed by atoms with Crippen molar-refractivity contribution < 1.29 is 14.6 Å². The minimum absolute atomic E-state index is 0.113. The van der Waals surface area contributed by atoms with Crippen molar-refractivity contribution in [2.45, 2.75) is 32.0 Å². The molecular weight excluding hydrogens is 240 g/mol. The standard InChI is InChI=1S/C16H20O3/c17-10-2-1-4-14-6-8-15(9-7-14)12-18-13-16-5-3-11-19-16/h6-9,16-17H,2-3,5,10-13H2. The molecule has 3 nitrogen and oxygen atoms in total. The van der Waals surface area contributed by atoms with E-state index in [1.807, 2.05) is 24.3 Å². The van der Waals surface area contributed by atoms with Crippen LogP contribution in [-0.4, -0.2) is 31.0 Å². The predicted molar refractivity (Wildman–Crippen MR) is 73.7 cm³/mol. The summed E-state index contributed by atoms with van der Waals surface area (Å²) in [6.07, 6.45) is 3.06. The number of rotatable bonds is 5. The van der Waals surface area contributed by atoms with Crippen LogP contribution in [0.2, 0.25) is 0 Å². The lowest BCUT2D eigenvalue weighted by molar-refractivity contribution is 0.0106. The molecule has 1 fully saturated rings. The lowest BCUT2D eigenvalue weighted by atomic mass is 10.1.